The number of non-ortho nitro benzene ring substituents is 1. The zero-order valence-electron chi connectivity index (χ0n) is 27.2. The Morgan fingerprint density at radius 3 is 1.58 bits per heavy atom. The Balaban J connectivity index is 1.32. The van der Waals surface area contributed by atoms with Crippen molar-refractivity contribution >= 4 is 31.1 Å². The second-order valence-corrected chi connectivity index (χ2v) is 14.1. The molecule has 0 aromatic heterocycles. The molecule has 9 nitrogen and oxygen atoms in total. The molecule has 0 spiro atoms. The molecular formula is C40H37NO8Se. The summed E-state index contributed by atoms with van der Waals surface area (Å²) in [4.78, 5) is 23.8. The van der Waals surface area contributed by atoms with E-state index in [-0.39, 0.29) is 39.4 Å². The third-order valence-electron chi connectivity index (χ3n) is 8.13. The fourth-order valence-corrected chi connectivity index (χ4v) is 7.98. The first-order valence-corrected chi connectivity index (χ1v) is 18.1. The first-order valence-electron chi connectivity index (χ1n) is 16.3. The molecule has 0 amide bonds. The fourth-order valence-electron chi connectivity index (χ4n) is 5.57. The minimum absolute atomic E-state index is 0.113. The number of esters is 1. The summed E-state index contributed by atoms with van der Waals surface area (Å²) in [7, 11) is 0. The molecule has 0 unspecified atom stereocenters. The zero-order chi connectivity index (χ0) is 34.5. The van der Waals surface area contributed by atoms with Gasteiger partial charge in [-0.25, -0.2) is 0 Å². The molecule has 50 heavy (non-hydrogen) atoms. The third-order valence-corrected chi connectivity index (χ3v) is 10.6. The van der Waals surface area contributed by atoms with Gasteiger partial charge < -0.3 is 0 Å². The van der Waals surface area contributed by atoms with Gasteiger partial charge in [0.25, 0.3) is 0 Å². The number of benzene rings is 5. The molecule has 5 aromatic carbocycles. The Kier molecular flexibility index (Phi) is 12.5. The molecule has 0 bridgehead atoms. The summed E-state index contributed by atoms with van der Waals surface area (Å²) >= 11 is -0.220. The minimum atomic E-state index is -0.714. The number of nitrogens with zero attached hydrogens (tertiary/aromatic N) is 1. The van der Waals surface area contributed by atoms with Crippen LogP contribution in [0.5, 0.6) is 0 Å². The van der Waals surface area contributed by atoms with Crippen LogP contribution in [0, 0.1) is 10.1 Å². The van der Waals surface area contributed by atoms with E-state index in [0.29, 0.717) is 13.2 Å². The van der Waals surface area contributed by atoms with Crippen LogP contribution in [0.1, 0.15) is 27.0 Å². The summed E-state index contributed by atoms with van der Waals surface area (Å²) in [6.07, 6.45) is -2.53. The van der Waals surface area contributed by atoms with Gasteiger partial charge >= 0.3 is 298 Å². The number of carbonyl (C=O) groups is 1. The van der Waals surface area contributed by atoms with Crippen LogP contribution >= 0.6 is 0 Å². The molecule has 0 radical (unpaired) electrons. The first kappa shape index (κ1) is 35.2. The molecule has 1 fully saturated rings. The van der Waals surface area contributed by atoms with E-state index in [4.69, 9.17) is 23.7 Å². The molecule has 1 aliphatic rings. The van der Waals surface area contributed by atoms with Crippen molar-refractivity contribution in [2.45, 2.75) is 49.2 Å². The molecule has 5 aromatic rings. The van der Waals surface area contributed by atoms with Crippen molar-refractivity contribution in [2.75, 3.05) is 6.61 Å². The SMILES string of the molecule is O=C(OC[C@H]1O[C@H]([Se]c2ccccc2)[C@@H](OCc2ccccc2)[C@@H](OCc2ccccc2)[C@@H]1OCc1ccccc1)c1ccc([N+](=O)[O-])cc1. The average molecular weight is 739 g/mol. The summed E-state index contributed by atoms with van der Waals surface area (Å²) in [6.45, 7) is 0.787. The van der Waals surface area contributed by atoms with Crippen molar-refractivity contribution in [3.8, 4) is 0 Å². The standard InChI is InChI=1S/C40H37NO8Se/c42-39(32-21-23-33(24-22-32)41(43)44)48-28-35-36(45-25-29-13-5-1-6-14-29)37(46-26-30-15-7-2-8-16-30)38(47-27-31-17-9-3-10-18-31)40(49-35)50-34-19-11-4-12-20-34/h1-24,35-38,40H,25-28H2/t35-,36-,37+,38+,40-/m1/s1. The van der Waals surface area contributed by atoms with Crippen LogP contribution < -0.4 is 4.46 Å². The quantitative estimate of drug-likeness (QED) is 0.0537. The number of nitro groups is 1. The Bertz CT molecular complexity index is 1780. The van der Waals surface area contributed by atoms with Gasteiger partial charge in [-0.15, -0.1) is 0 Å². The number of ether oxygens (including phenoxy) is 5. The molecular weight excluding hydrogens is 701 g/mol. The summed E-state index contributed by atoms with van der Waals surface area (Å²) < 4.78 is 33.9. The molecule has 5 atom stereocenters. The van der Waals surface area contributed by atoms with Gasteiger partial charge in [-0.3, -0.25) is 0 Å². The van der Waals surface area contributed by atoms with E-state index in [9.17, 15) is 14.9 Å². The first-order chi connectivity index (χ1) is 24.5. The molecule has 0 N–H and O–H groups in total. The normalized spacial score (nSPS) is 20.2. The van der Waals surface area contributed by atoms with E-state index < -0.39 is 40.3 Å². The zero-order valence-corrected chi connectivity index (χ0v) is 28.9. The molecule has 10 heteroatoms. The molecule has 1 saturated heterocycles. The van der Waals surface area contributed by atoms with Crippen LogP contribution in [0.3, 0.4) is 0 Å². The Morgan fingerprint density at radius 2 is 1.08 bits per heavy atom. The monoisotopic (exact) mass is 739 g/mol. The number of hydrogen-bond acceptors (Lipinski definition) is 8. The van der Waals surface area contributed by atoms with Gasteiger partial charge in [0.2, 0.25) is 0 Å². The van der Waals surface area contributed by atoms with Gasteiger partial charge in [0.15, 0.2) is 0 Å². The molecule has 1 aliphatic heterocycles. The Morgan fingerprint density at radius 1 is 0.620 bits per heavy atom. The van der Waals surface area contributed by atoms with Crippen LogP contribution in [0.4, 0.5) is 5.69 Å². The van der Waals surface area contributed by atoms with Crippen LogP contribution in [-0.2, 0) is 43.5 Å². The van der Waals surface area contributed by atoms with Gasteiger partial charge in [0.05, 0.1) is 0 Å². The molecule has 6 rings (SSSR count). The third kappa shape index (κ3) is 9.73. The van der Waals surface area contributed by atoms with Crippen LogP contribution in [0.15, 0.2) is 146 Å². The molecule has 0 aliphatic carbocycles. The van der Waals surface area contributed by atoms with Gasteiger partial charge in [-0.05, 0) is 0 Å². The van der Waals surface area contributed by atoms with Crippen molar-refractivity contribution < 1.29 is 33.4 Å². The second kappa shape index (κ2) is 17.8. The molecule has 0 saturated carbocycles. The molecule has 256 valence electrons. The van der Waals surface area contributed by atoms with Gasteiger partial charge in [-0.1, -0.05) is 0 Å². The van der Waals surface area contributed by atoms with Crippen LogP contribution in [0.25, 0.3) is 0 Å². The Labute approximate surface area is 297 Å². The van der Waals surface area contributed by atoms with E-state index in [1.807, 2.05) is 109 Å². The number of nitro benzene ring substituents is 1. The number of carbonyl (C=O) groups excluding carboxylic acids is 1. The fraction of sp³-hybridized carbons (Fsp3) is 0.225. The van der Waals surface area contributed by atoms with E-state index in [2.05, 4.69) is 12.1 Å². The van der Waals surface area contributed by atoms with E-state index in [0.717, 1.165) is 21.2 Å². The average Bonchev–Trinajstić information content (AvgIpc) is 3.16. The van der Waals surface area contributed by atoms with Crippen molar-refractivity contribution in [3.63, 3.8) is 0 Å². The van der Waals surface area contributed by atoms with Crippen molar-refractivity contribution in [3.05, 3.63) is 178 Å². The summed E-state index contributed by atoms with van der Waals surface area (Å²) in [6, 6.07) is 45.1. The Hall–Kier alpha value is -4.67. The van der Waals surface area contributed by atoms with E-state index in [1.54, 1.807) is 0 Å². The number of rotatable bonds is 15. The van der Waals surface area contributed by atoms with Crippen LogP contribution in [0.2, 0.25) is 0 Å². The maximum absolute atomic E-state index is 13.2. The second-order valence-electron chi connectivity index (χ2n) is 11.7. The summed E-state index contributed by atoms with van der Waals surface area (Å²) in [5, 5.41) is 10.7. The van der Waals surface area contributed by atoms with Gasteiger partial charge in [0, 0.05) is 0 Å². The van der Waals surface area contributed by atoms with E-state index in [1.165, 1.54) is 24.3 Å². The topological polar surface area (TPSA) is 106 Å². The summed E-state index contributed by atoms with van der Waals surface area (Å²) in [5.41, 5.74) is 3.06. The summed E-state index contributed by atoms with van der Waals surface area (Å²) in [5.74, 6) is -0.625. The maximum atomic E-state index is 13.2. The van der Waals surface area contributed by atoms with Gasteiger partial charge in [-0.2, -0.15) is 0 Å². The predicted octanol–water partition coefficient (Wildman–Crippen LogP) is 6.26. The number of hydrogen-bond donors (Lipinski definition) is 0. The van der Waals surface area contributed by atoms with Gasteiger partial charge in [0.1, 0.15) is 0 Å². The van der Waals surface area contributed by atoms with Crippen LogP contribution in [-0.4, -0.2) is 61.9 Å². The van der Waals surface area contributed by atoms with Crippen molar-refractivity contribution in [1.29, 1.82) is 0 Å². The van der Waals surface area contributed by atoms with Crippen molar-refractivity contribution in [1.82, 2.24) is 0 Å². The predicted molar refractivity (Wildman–Crippen MR) is 189 cm³/mol. The van der Waals surface area contributed by atoms with Crippen molar-refractivity contribution in [2.24, 2.45) is 0 Å². The van der Waals surface area contributed by atoms with E-state index >= 15 is 0 Å². The molecule has 1 heterocycles.